The molecule has 1 aliphatic rings. The van der Waals surface area contributed by atoms with E-state index in [1.54, 1.807) is 60.5 Å². The van der Waals surface area contributed by atoms with Crippen molar-refractivity contribution < 1.29 is 18.7 Å². The molecular weight excluding hydrogens is 555 g/mol. The molecule has 42 heavy (non-hydrogen) atoms. The third-order valence-corrected chi connectivity index (χ3v) is 7.10. The zero-order valence-electron chi connectivity index (χ0n) is 23.5. The van der Waals surface area contributed by atoms with Gasteiger partial charge in [0.1, 0.15) is 18.2 Å². The number of rotatable bonds is 9. The van der Waals surface area contributed by atoms with Gasteiger partial charge in [0.15, 0.2) is 17.8 Å². The molecule has 9 heteroatoms. The highest BCUT2D eigenvalue weighted by molar-refractivity contribution is 6.44. The molecule has 5 rings (SSSR count). The third-order valence-electron chi connectivity index (χ3n) is 6.86. The second kappa shape index (κ2) is 12.4. The molecule has 0 spiro atoms. The number of carbonyl (C=O) groups is 2. The normalized spacial score (nSPS) is 14.5. The number of aryl methyl sites for hydroxylation is 1. The number of Topliss-reactive ketones (excluding diaryl/α,β-unsaturated/α-hetero) is 1. The molecule has 7 nitrogen and oxygen atoms in total. The summed E-state index contributed by atoms with van der Waals surface area (Å²) in [6.07, 6.45) is -0.329. The second-order valence-electron chi connectivity index (χ2n) is 9.91. The van der Waals surface area contributed by atoms with Crippen molar-refractivity contribution in [3.8, 4) is 5.75 Å². The summed E-state index contributed by atoms with van der Waals surface area (Å²) in [6.45, 7) is 5.23. The number of nitrogens with zero attached hydrogens (tertiary/aromatic N) is 3. The molecule has 0 radical (unpaired) electrons. The molecule has 0 fully saturated rings. The van der Waals surface area contributed by atoms with Crippen LogP contribution in [0.1, 0.15) is 43.1 Å². The number of hydrogen-bond acceptors (Lipinski definition) is 6. The first kappa shape index (κ1) is 28.8. The highest BCUT2D eigenvalue weighted by Gasteiger charge is 2.41. The Kier molecular flexibility index (Phi) is 8.54. The molecule has 214 valence electrons. The Morgan fingerprint density at radius 1 is 0.976 bits per heavy atom. The van der Waals surface area contributed by atoms with E-state index >= 15 is 0 Å². The van der Waals surface area contributed by atoms with Crippen LogP contribution in [0.5, 0.6) is 5.75 Å². The highest BCUT2D eigenvalue weighted by Crippen LogP contribution is 2.43. The summed E-state index contributed by atoms with van der Waals surface area (Å²) in [5.41, 5.74) is 4.15. The van der Waals surface area contributed by atoms with Crippen molar-refractivity contribution in [1.82, 2.24) is 0 Å². The van der Waals surface area contributed by atoms with Crippen LogP contribution in [-0.2, 0) is 16.2 Å². The first-order valence-electron chi connectivity index (χ1n) is 13.6. The zero-order valence-corrected chi connectivity index (χ0v) is 24.2. The van der Waals surface area contributed by atoms with Gasteiger partial charge in [0, 0.05) is 40.9 Å². The quantitative estimate of drug-likeness (QED) is 0.219. The van der Waals surface area contributed by atoms with Gasteiger partial charge in [0.2, 0.25) is 5.91 Å². The molecule has 1 N–H and O–H groups in total. The van der Waals surface area contributed by atoms with Crippen LogP contribution < -0.4 is 20.0 Å². The van der Waals surface area contributed by atoms with E-state index in [0.29, 0.717) is 39.7 Å². The van der Waals surface area contributed by atoms with Gasteiger partial charge < -0.3 is 10.1 Å². The Hall–Kier alpha value is -4.69. The minimum Gasteiger partial charge on any atom is -0.488 e. The van der Waals surface area contributed by atoms with E-state index in [1.807, 2.05) is 48.2 Å². The standard InChI is InChI=1S/C33H30ClFN4O3/c1-4-31(41)36-25-12-16-26(17-13-25)38-32(22(3)40)37-39(27-14-9-21(2)10-15-27)33(38)28-19-24(34)11-18-30(28)42-20-23-7-5-6-8-29(23)35/h5-19,33H,4,20H2,1-3H3,(H,36,41). The van der Waals surface area contributed by atoms with E-state index in [9.17, 15) is 14.0 Å². The Balaban J connectivity index is 1.62. The average Bonchev–Trinajstić information content (AvgIpc) is 3.39. The number of hydrogen-bond donors (Lipinski definition) is 1. The Morgan fingerprint density at radius 3 is 2.33 bits per heavy atom. The fraction of sp³-hybridized carbons (Fsp3) is 0.182. The van der Waals surface area contributed by atoms with Gasteiger partial charge in [-0.15, -0.1) is 5.10 Å². The van der Waals surface area contributed by atoms with Gasteiger partial charge in [-0.1, -0.05) is 54.4 Å². The monoisotopic (exact) mass is 584 g/mol. The average molecular weight is 585 g/mol. The maximum atomic E-state index is 14.4. The van der Waals surface area contributed by atoms with Crippen molar-refractivity contribution in [3.05, 3.63) is 119 Å². The Labute approximate surface area is 249 Å². The number of nitrogens with one attached hydrogen (secondary N) is 1. The Bertz CT molecular complexity index is 1640. The van der Waals surface area contributed by atoms with Gasteiger partial charge in [-0.3, -0.25) is 14.5 Å². The van der Waals surface area contributed by atoms with Gasteiger partial charge >= 0.3 is 0 Å². The first-order chi connectivity index (χ1) is 20.2. The van der Waals surface area contributed by atoms with Crippen molar-refractivity contribution in [2.45, 2.75) is 40.0 Å². The van der Waals surface area contributed by atoms with Gasteiger partial charge in [-0.25, -0.2) is 9.40 Å². The Morgan fingerprint density at radius 2 is 1.67 bits per heavy atom. The van der Waals surface area contributed by atoms with Crippen LogP contribution in [0.3, 0.4) is 0 Å². The lowest BCUT2D eigenvalue weighted by molar-refractivity contribution is -0.116. The van der Waals surface area contributed by atoms with E-state index in [2.05, 4.69) is 5.32 Å². The van der Waals surface area contributed by atoms with Crippen LogP contribution in [0.2, 0.25) is 5.02 Å². The minimum absolute atomic E-state index is 0.00912. The predicted molar refractivity (Wildman–Crippen MR) is 165 cm³/mol. The molecule has 1 amide bonds. The fourth-order valence-corrected chi connectivity index (χ4v) is 4.86. The number of ketones is 1. The lowest BCUT2D eigenvalue weighted by atomic mass is 10.1. The molecule has 1 unspecified atom stereocenters. The van der Waals surface area contributed by atoms with E-state index in [0.717, 1.165) is 11.3 Å². The summed E-state index contributed by atoms with van der Waals surface area (Å²) in [5.74, 6) is -0.0375. The topological polar surface area (TPSA) is 74.2 Å². The van der Waals surface area contributed by atoms with Crippen molar-refractivity contribution in [1.29, 1.82) is 0 Å². The van der Waals surface area contributed by atoms with Crippen molar-refractivity contribution >= 4 is 46.2 Å². The SMILES string of the molecule is CCC(=O)Nc1ccc(N2C(C(C)=O)=NN(c3ccc(C)cc3)C2c2cc(Cl)ccc2OCc2ccccc2F)cc1. The summed E-state index contributed by atoms with van der Waals surface area (Å²) in [4.78, 5) is 26.8. The third kappa shape index (κ3) is 6.14. The van der Waals surface area contributed by atoms with Gasteiger partial charge in [-0.2, -0.15) is 0 Å². The smallest absolute Gasteiger partial charge is 0.224 e. The van der Waals surface area contributed by atoms with E-state index in [1.165, 1.54) is 13.0 Å². The number of ether oxygens (including phenoxy) is 1. The summed E-state index contributed by atoms with van der Waals surface area (Å²) in [5, 5.41) is 9.85. The summed E-state index contributed by atoms with van der Waals surface area (Å²) < 4.78 is 20.6. The maximum Gasteiger partial charge on any atom is 0.224 e. The fourth-order valence-electron chi connectivity index (χ4n) is 4.68. The lowest BCUT2D eigenvalue weighted by Gasteiger charge is -2.33. The summed E-state index contributed by atoms with van der Waals surface area (Å²) >= 11 is 6.53. The van der Waals surface area contributed by atoms with E-state index < -0.39 is 6.17 Å². The number of hydrazone groups is 1. The van der Waals surface area contributed by atoms with Crippen LogP contribution in [0.15, 0.2) is 96.1 Å². The molecule has 4 aromatic rings. The maximum absolute atomic E-state index is 14.4. The summed E-state index contributed by atoms with van der Waals surface area (Å²) in [6, 6.07) is 26.6. The molecule has 1 heterocycles. The molecule has 0 aromatic heterocycles. The van der Waals surface area contributed by atoms with E-state index in [-0.39, 0.29) is 30.0 Å². The minimum atomic E-state index is -0.683. The second-order valence-corrected chi connectivity index (χ2v) is 10.4. The molecule has 1 atom stereocenters. The van der Waals surface area contributed by atoms with Crippen LogP contribution in [0, 0.1) is 12.7 Å². The van der Waals surface area contributed by atoms with Gasteiger partial charge in [0.25, 0.3) is 0 Å². The summed E-state index contributed by atoms with van der Waals surface area (Å²) in [7, 11) is 0. The predicted octanol–water partition coefficient (Wildman–Crippen LogP) is 7.64. The number of benzene rings is 4. The molecule has 4 aromatic carbocycles. The first-order valence-corrected chi connectivity index (χ1v) is 13.9. The number of halogens is 2. The molecule has 0 saturated heterocycles. The number of anilines is 3. The molecular formula is C33H30ClFN4O3. The van der Waals surface area contributed by atoms with Gasteiger partial charge in [-0.05, 0) is 67.6 Å². The molecule has 0 aliphatic carbocycles. The zero-order chi connectivity index (χ0) is 29.8. The van der Waals surface area contributed by atoms with E-state index in [4.69, 9.17) is 21.4 Å². The largest absolute Gasteiger partial charge is 0.488 e. The lowest BCUT2D eigenvalue weighted by Crippen LogP contribution is -2.38. The number of amidine groups is 1. The molecule has 0 bridgehead atoms. The number of carbonyl (C=O) groups excluding carboxylic acids is 2. The van der Waals surface area contributed by atoms with Crippen molar-refractivity contribution in [2.75, 3.05) is 15.2 Å². The molecule has 1 aliphatic heterocycles. The van der Waals surface area contributed by atoms with Crippen LogP contribution in [-0.4, -0.2) is 17.5 Å². The molecule has 0 saturated carbocycles. The van der Waals surface area contributed by atoms with Crippen LogP contribution in [0.25, 0.3) is 0 Å². The van der Waals surface area contributed by atoms with Crippen LogP contribution in [0.4, 0.5) is 21.5 Å². The number of amides is 1. The highest BCUT2D eigenvalue weighted by atomic mass is 35.5. The van der Waals surface area contributed by atoms with Crippen LogP contribution >= 0.6 is 11.6 Å². The van der Waals surface area contributed by atoms with Crippen molar-refractivity contribution in [2.24, 2.45) is 5.10 Å². The van der Waals surface area contributed by atoms with Crippen molar-refractivity contribution in [3.63, 3.8) is 0 Å². The van der Waals surface area contributed by atoms with Gasteiger partial charge in [0.05, 0.1) is 5.69 Å².